The van der Waals surface area contributed by atoms with Crippen LogP contribution in [0.4, 0.5) is 4.39 Å². The largest absolute Gasteiger partial charge is 0.406 e. The summed E-state index contributed by atoms with van der Waals surface area (Å²) in [5, 5.41) is 1.90. The monoisotopic (exact) mass is 195 g/mol. The Labute approximate surface area is 83.2 Å². The number of piperidine rings is 1. The van der Waals surface area contributed by atoms with Crippen LogP contribution in [-0.2, 0) is 0 Å². The lowest BCUT2D eigenvalue weighted by Crippen LogP contribution is -2.32. The summed E-state index contributed by atoms with van der Waals surface area (Å²) in [7, 11) is 0. The zero-order valence-electron chi connectivity index (χ0n) is 8.08. The Morgan fingerprint density at radius 3 is 2.64 bits per heavy atom. The van der Waals surface area contributed by atoms with Gasteiger partial charge in [-0.25, -0.2) is 4.39 Å². The van der Waals surface area contributed by atoms with E-state index in [0.717, 1.165) is 25.9 Å². The van der Waals surface area contributed by atoms with Crippen LogP contribution >= 0.6 is 0 Å². The maximum absolute atomic E-state index is 12.8. The zero-order valence-corrected chi connectivity index (χ0v) is 8.08. The van der Waals surface area contributed by atoms with Gasteiger partial charge in [0, 0.05) is 19.2 Å². The van der Waals surface area contributed by atoms with Crippen molar-refractivity contribution in [1.29, 1.82) is 0 Å². The van der Waals surface area contributed by atoms with Crippen LogP contribution in [0.5, 0.6) is 5.75 Å². The lowest BCUT2D eigenvalue weighted by molar-refractivity contribution is -0.0721. The Kier molecular flexibility index (Phi) is 2.99. The highest BCUT2D eigenvalue weighted by Crippen LogP contribution is 2.16. The molecule has 1 aliphatic heterocycles. The van der Waals surface area contributed by atoms with Crippen LogP contribution in [0.1, 0.15) is 19.3 Å². The van der Waals surface area contributed by atoms with Crippen molar-refractivity contribution in [3.8, 4) is 5.75 Å². The topological polar surface area (TPSA) is 12.5 Å². The smallest absolute Gasteiger partial charge is 0.150 e. The number of halogens is 1. The van der Waals surface area contributed by atoms with Crippen molar-refractivity contribution in [2.75, 3.05) is 13.1 Å². The number of hydrogen-bond acceptors (Lipinski definition) is 2. The van der Waals surface area contributed by atoms with Gasteiger partial charge in [0.05, 0.1) is 0 Å². The third kappa shape index (κ3) is 2.45. The lowest BCUT2D eigenvalue weighted by atomic mass is 10.2. The summed E-state index contributed by atoms with van der Waals surface area (Å²) in [6, 6.07) is 6.27. The molecule has 0 saturated carbocycles. The number of rotatable bonds is 2. The Morgan fingerprint density at radius 2 is 1.93 bits per heavy atom. The standard InChI is InChI=1S/C11H14FNO/c12-10-5-4-6-11(9-10)14-13-7-2-1-3-8-13/h4-6,9H,1-3,7-8H2. The minimum Gasteiger partial charge on any atom is -0.406 e. The van der Waals surface area contributed by atoms with Crippen molar-refractivity contribution in [3.05, 3.63) is 30.1 Å². The SMILES string of the molecule is Fc1cccc(ON2CCCCC2)c1. The van der Waals surface area contributed by atoms with Gasteiger partial charge in [-0.3, -0.25) is 0 Å². The molecule has 1 heterocycles. The van der Waals surface area contributed by atoms with Crippen LogP contribution < -0.4 is 4.84 Å². The number of hydroxylamine groups is 2. The molecule has 0 bridgehead atoms. The normalized spacial score (nSPS) is 18.1. The summed E-state index contributed by atoms with van der Waals surface area (Å²) in [6.07, 6.45) is 3.59. The Balaban J connectivity index is 1.95. The van der Waals surface area contributed by atoms with Crippen molar-refractivity contribution in [2.45, 2.75) is 19.3 Å². The summed E-state index contributed by atoms with van der Waals surface area (Å²) in [5.74, 6) is 0.339. The second-order valence-electron chi connectivity index (χ2n) is 3.54. The molecule has 1 aromatic rings. The molecule has 0 aromatic heterocycles. The van der Waals surface area contributed by atoms with Crippen LogP contribution in [-0.4, -0.2) is 18.2 Å². The van der Waals surface area contributed by atoms with Crippen LogP contribution in [0.3, 0.4) is 0 Å². The van der Waals surface area contributed by atoms with E-state index in [2.05, 4.69) is 0 Å². The predicted molar refractivity (Wildman–Crippen MR) is 52.5 cm³/mol. The van der Waals surface area contributed by atoms with E-state index in [1.54, 1.807) is 12.1 Å². The molecule has 0 amide bonds. The summed E-state index contributed by atoms with van der Waals surface area (Å²) < 4.78 is 12.8. The van der Waals surface area contributed by atoms with E-state index in [9.17, 15) is 4.39 Å². The zero-order chi connectivity index (χ0) is 9.80. The fourth-order valence-corrected chi connectivity index (χ4v) is 1.63. The van der Waals surface area contributed by atoms with Crippen molar-refractivity contribution in [1.82, 2.24) is 5.06 Å². The number of nitrogens with zero attached hydrogens (tertiary/aromatic N) is 1. The number of hydrogen-bond donors (Lipinski definition) is 0. The van der Waals surface area contributed by atoms with Crippen LogP contribution in [0.25, 0.3) is 0 Å². The molecule has 0 atom stereocenters. The van der Waals surface area contributed by atoms with Gasteiger partial charge in [-0.05, 0) is 25.0 Å². The first-order valence-corrected chi connectivity index (χ1v) is 5.03. The summed E-state index contributed by atoms with van der Waals surface area (Å²) in [6.45, 7) is 1.88. The first-order chi connectivity index (χ1) is 6.84. The first-order valence-electron chi connectivity index (χ1n) is 5.03. The summed E-state index contributed by atoms with van der Waals surface area (Å²) >= 11 is 0. The highest BCUT2D eigenvalue weighted by Gasteiger charge is 2.11. The van der Waals surface area contributed by atoms with Gasteiger partial charge in [-0.15, -0.1) is 5.06 Å². The van der Waals surface area contributed by atoms with Gasteiger partial charge in [0.25, 0.3) is 0 Å². The molecule has 1 fully saturated rings. The van der Waals surface area contributed by atoms with Gasteiger partial charge in [0.2, 0.25) is 0 Å². The molecule has 0 unspecified atom stereocenters. The Hall–Kier alpha value is -1.09. The van der Waals surface area contributed by atoms with Crippen LogP contribution in [0.2, 0.25) is 0 Å². The Bertz CT molecular complexity index is 297. The van der Waals surface area contributed by atoms with E-state index >= 15 is 0 Å². The molecular formula is C11H14FNO. The second kappa shape index (κ2) is 4.42. The van der Waals surface area contributed by atoms with Gasteiger partial charge in [0.1, 0.15) is 11.6 Å². The molecule has 76 valence electrons. The molecular weight excluding hydrogens is 181 g/mol. The van der Waals surface area contributed by atoms with Crippen molar-refractivity contribution >= 4 is 0 Å². The molecule has 2 nitrogen and oxygen atoms in total. The van der Waals surface area contributed by atoms with E-state index in [-0.39, 0.29) is 5.82 Å². The molecule has 14 heavy (non-hydrogen) atoms. The van der Waals surface area contributed by atoms with E-state index in [4.69, 9.17) is 4.84 Å². The third-order valence-corrected chi connectivity index (χ3v) is 2.35. The van der Waals surface area contributed by atoms with Gasteiger partial charge in [-0.1, -0.05) is 12.5 Å². The molecule has 0 radical (unpaired) electrons. The molecule has 0 spiro atoms. The van der Waals surface area contributed by atoms with Crippen LogP contribution in [0, 0.1) is 5.82 Å². The highest BCUT2D eigenvalue weighted by molar-refractivity contribution is 5.22. The average Bonchev–Trinajstić information content (AvgIpc) is 2.19. The van der Waals surface area contributed by atoms with Gasteiger partial charge >= 0.3 is 0 Å². The summed E-state index contributed by atoms with van der Waals surface area (Å²) in [5.41, 5.74) is 0. The van der Waals surface area contributed by atoms with Crippen molar-refractivity contribution in [2.24, 2.45) is 0 Å². The molecule has 1 aromatic carbocycles. The molecule has 3 heteroatoms. The highest BCUT2D eigenvalue weighted by atomic mass is 19.1. The van der Waals surface area contributed by atoms with E-state index in [0.29, 0.717) is 5.75 Å². The fraction of sp³-hybridized carbons (Fsp3) is 0.455. The van der Waals surface area contributed by atoms with Crippen molar-refractivity contribution < 1.29 is 9.23 Å². The minimum absolute atomic E-state index is 0.250. The minimum atomic E-state index is -0.250. The Morgan fingerprint density at radius 1 is 1.14 bits per heavy atom. The predicted octanol–water partition coefficient (Wildman–Crippen LogP) is 2.61. The first kappa shape index (κ1) is 9.46. The lowest BCUT2D eigenvalue weighted by Gasteiger charge is -2.25. The summed E-state index contributed by atoms with van der Waals surface area (Å²) in [4.78, 5) is 5.53. The maximum atomic E-state index is 12.8. The molecule has 1 saturated heterocycles. The molecule has 0 aliphatic carbocycles. The maximum Gasteiger partial charge on any atom is 0.150 e. The fourth-order valence-electron chi connectivity index (χ4n) is 1.63. The van der Waals surface area contributed by atoms with E-state index in [1.807, 2.05) is 5.06 Å². The van der Waals surface area contributed by atoms with E-state index in [1.165, 1.54) is 18.6 Å². The van der Waals surface area contributed by atoms with Gasteiger partial charge < -0.3 is 4.84 Å². The molecule has 2 rings (SSSR count). The van der Waals surface area contributed by atoms with Crippen molar-refractivity contribution in [3.63, 3.8) is 0 Å². The second-order valence-corrected chi connectivity index (χ2v) is 3.54. The van der Waals surface area contributed by atoms with Crippen LogP contribution in [0.15, 0.2) is 24.3 Å². The quantitative estimate of drug-likeness (QED) is 0.719. The molecule has 0 N–H and O–H groups in total. The molecule has 1 aliphatic rings. The third-order valence-electron chi connectivity index (χ3n) is 2.35. The van der Waals surface area contributed by atoms with Gasteiger partial charge in [0.15, 0.2) is 0 Å². The number of benzene rings is 1. The average molecular weight is 195 g/mol. The van der Waals surface area contributed by atoms with E-state index < -0.39 is 0 Å². The van der Waals surface area contributed by atoms with Gasteiger partial charge in [-0.2, -0.15) is 0 Å².